The summed E-state index contributed by atoms with van der Waals surface area (Å²) in [6.45, 7) is 12.0. The van der Waals surface area contributed by atoms with Crippen LogP contribution in [0.15, 0.2) is 28.9 Å². The molecule has 0 fully saturated rings. The van der Waals surface area contributed by atoms with Crippen molar-refractivity contribution >= 4 is 18.0 Å². The lowest BCUT2D eigenvalue weighted by Gasteiger charge is -2.28. The largest absolute Gasteiger partial charge is 0.443 e. The fourth-order valence-electron chi connectivity index (χ4n) is 2.12. The molecule has 0 bridgehead atoms. The van der Waals surface area contributed by atoms with Crippen LogP contribution in [0.5, 0.6) is 0 Å². The molecule has 2 amide bonds. The summed E-state index contributed by atoms with van der Waals surface area (Å²) in [6.07, 6.45) is -0.329. The minimum atomic E-state index is -0.895. The second kappa shape index (κ2) is 7.38. The van der Waals surface area contributed by atoms with Crippen LogP contribution in [0.1, 0.15) is 47.2 Å². The third-order valence-corrected chi connectivity index (χ3v) is 3.04. The van der Waals surface area contributed by atoms with Gasteiger partial charge in [0.05, 0.1) is 11.3 Å². The van der Waals surface area contributed by atoms with Crippen molar-refractivity contribution in [1.82, 2.24) is 10.1 Å². The minimum absolute atomic E-state index is 0.0390. The number of pyridine rings is 1. The summed E-state index contributed by atoms with van der Waals surface area (Å²) in [5.41, 5.74) is -0.555. The van der Waals surface area contributed by atoms with Crippen LogP contribution in [0, 0.1) is 6.92 Å². The number of imide groups is 1. The molecule has 0 saturated heterocycles. The van der Waals surface area contributed by atoms with Gasteiger partial charge >= 0.3 is 12.2 Å². The molecule has 8 heteroatoms. The number of carbonyl (C=O) groups excluding carboxylic acids is 2. The van der Waals surface area contributed by atoms with Crippen LogP contribution in [0.3, 0.4) is 0 Å². The Morgan fingerprint density at radius 2 is 1.59 bits per heavy atom. The lowest BCUT2D eigenvalue weighted by Crippen LogP contribution is -2.44. The van der Waals surface area contributed by atoms with E-state index in [1.807, 2.05) is 0 Å². The number of hydrogen-bond donors (Lipinski definition) is 0. The van der Waals surface area contributed by atoms with Crippen LogP contribution in [-0.2, 0) is 9.47 Å². The molecule has 0 saturated carbocycles. The molecule has 0 aliphatic carbocycles. The highest BCUT2D eigenvalue weighted by Crippen LogP contribution is 2.31. The van der Waals surface area contributed by atoms with Crippen molar-refractivity contribution in [3.8, 4) is 11.3 Å². The molecule has 2 aromatic rings. The monoisotopic (exact) mass is 375 g/mol. The van der Waals surface area contributed by atoms with Crippen LogP contribution in [0.4, 0.5) is 15.4 Å². The highest BCUT2D eigenvalue weighted by molar-refractivity contribution is 6.10. The van der Waals surface area contributed by atoms with E-state index >= 15 is 0 Å². The molecule has 0 radical (unpaired) electrons. The first-order valence-electron chi connectivity index (χ1n) is 8.52. The van der Waals surface area contributed by atoms with Crippen molar-refractivity contribution in [2.24, 2.45) is 0 Å². The highest BCUT2D eigenvalue weighted by Gasteiger charge is 2.35. The first-order chi connectivity index (χ1) is 12.4. The van der Waals surface area contributed by atoms with Crippen molar-refractivity contribution in [3.63, 3.8) is 0 Å². The lowest BCUT2D eigenvalue weighted by molar-refractivity contribution is 0.0429. The molecule has 2 heterocycles. The first-order valence-corrected chi connectivity index (χ1v) is 8.52. The summed E-state index contributed by atoms with van der Waals surface area (Å²) < 4.78 is 16.1. The average molecular weight is 375 g/mol. The molecule has 0 aromatic carbocycles. The van der Waals surface area contributed by atoms with E-state index in [2.05, 4.69) is 10.1 Å². The van der Waals surface area contributed by atoms with E-state index in [-0.39, 0.29) is 5.82 Å². The summed E-state index contributed by atoms with van der Waals surface area (Å²) in [5.74, 6) is 0.407. The van der Waals surface area contributed by atoms with Gasteiger partial charge in [-0.25, -0.2) is 14.6 Å². The van der Waals surface area contributed by atoms with Crippen molar-refractivity contribution in [3.05, 3.63) is 30.1 Å². The van der Waals surface area contributed by atoms with Crippen LogP contribution < -0.4 is 4.90 Å². The van der Waals surface area contributed by atoms with Crippen LogP contribution >= 0.6 is 0 Å². The Kier molecular flexibility index (Phi) is 5.58. The zero-order chi connectivity index (χ0) is 20.4. The zero-order valence-corrected chi connectivity index (χ0v) is 16.7. The molecule has 0 unspecified atom stereocenters. The number of aromatic nitrogens is 2. The number of rotatable bonds is 2. The van der Waals surface area contributed by atoms with Crippen LogP contribution in [0.2, 0.25) is 0 Å². The van der Waals surface area contributed by atoms with Gasteiger partial charge < -0.3 is 14.0 Å². The third-order valence-electron chi connectivity index (χ3n) is 3.04. The Balaban J connectivity index is 2.54. The summed E-state index contributed by atoms with van der Waals surface area (Å²) >= 11 is 0. The van der Waals surface area contributed by atoms with E-state index in [9.17, 15) is 9.59 Å². The van der Waals surface area contributed by atoms with Crippen molar-refractivity contribution < 1.29 is 23.6 Å². The number of carbonyl (C=O) groups is 2. The van der Waals surface area contributed by atoms with Gasteiger partial charge in [-0.2, -0.15) is 4.90 Å². The van der Waals surface area contributed by atoms with Crippen LogP contribution in [-0.4, -0.2) is 33.5 Å². The van der Waals surface area contributed by atoms with E-state index < -0.39 is 23.4 Å². The van der Waals surface area contributed by atoms with Crippen molar-refractivity contribution in [2.45, 2.75) is 59.7 Å². The standard InChI is InChI=1S/C19H25N3O5/c1-12-11-14(27-21-12)13-9-8-10-20-15(13)22(16(23)25-18(2,3)4)17(24)26-19(5,6)7/h8-11H,1-7H3. The van der Waals surface area contributed by atoms with Crippen molar-refractivity contribution in [1.29, 1.82) is 0 Å². The highest BCUT2D eigenvalue weighted by atomic mass is 16.6. The van der Waals surface area contributed by atoms with Gasteiger partial charge in [0.2, 0.25) is 0 Å². The molecule has 27 heavy (non-hydrogen) atoms. The summed E-state index contributed by atoms with van der Waals surface area (Å²) in [4.78, 5) is 30.6. The number of ether oxygens (including phenoxy) is 2. The summed E-state index contributed by atoms with van der Waals surface area (Å²) in [6, 6.07) is 5.02. The van der Waals surface area contributed by atoms with Gasteiger partial charge in [0.25, 0.3) is 0 Å². The Bertz CT molecular complexity index is 802. The predicted octanol–water partition coefficient (Wildman–Crippen LogP) is 4.72. The predicted molar refractivity (Wildman–Crippen MR) is 99.4 cm³/mol. The summed E-state index contributed by atoms with van der Waals surface area (Å²) in [7, 11) is 0. The van der Waals surface area contributed by atoms with Gasteiger partial charge in [-0.3, -0.25) is 0 Å². The minimum Gasteiger partial charge on any atom is -0.443 e. The second-order valence-corrected chi connectivity index (χ2v) is 8.00. The maximum atomic E-state index is 12.8. The Hall–Kier alpha value is -2.90. The second-order valence-electron chi connectivity index (χ2n) is 8.00. The van der Waals surface area contributed by atoms with E-state index in [1.165, 1.54) is 6.20 Å². The number of aryl methyl sites for hydroxylation is 1. The zero-order valence-electron chi connectivity index (χ0n) is 16.7. The van der Waals surface area contributed by atoms with Crippen molar-refractivity contribution in [2.75, 3.05) is 4.90 Å². The van der Waals surface area contributed by atoms with Gasteiger partial charge in [-0.1, -0.05) is 5.16 Å². The van der Waals surface area contributed by atoms with E-state index in [0.717, 1.165) is 4.90 Å². The normalized spacial score (nSPS) is 11.8. The van der Waals surface area contributed by atoms with Gasteiger partial charge in [-0.15, -0.1) is 0 Å². The quantitative estimate of drug-likeness (QED) is 0.749. The first kappa shape index (κ1) is 20.4. The Morgan fingerprint density at radius 1 is 1.04 bits per heavy atom. The maximum absolute atomic E-state index is 12.8. The molecular weight excluding hydrogens is 350 g/mol. The number of amides is 2. The molecule has 0 N–H and O–H groups in total. The fraction of sp³-hybridized carbons (Fsp3) is 0.474. The average Bonchev–Trinajstić information content (AvgIpc) is 2.90. The maximum Gasteiger partial charge on any atom is 0.425 e. The number of nitrogens with zero attached hydrogens (tertiary/aromatic N) is 3. The number of hydrogen-bond acceptors (Lipinski definition) is 7. The van der Waals surface area contributed by atoms with Gasteiger partial charge in [0.1, 0.15) is 11.2 Å². The third kappa shape index (κ3) is 5.54. The molecule has 0 spiro atoms. The van der Waals surface area contributed by atoms with E-state index in [0.29, 0.717) is 17.0 Å². The molecule has 8 nitrogen and oxygen atoms in total. The number of anilines is 1. The smallest absolute Gasteiger partial charge is 0.425 e. The molecule has 0 aliphatic rings. The van der Waals surface area contributed by atoms with Gasteiger partial charge in [-0.05, 0) is 60.6 Å². The van der Waals surface area contributed by atoms with Crippen LogP contribution in [0.25, 0.3) is 11.3 Å². The topological polar surface area (TPSA) is 94.8 Å². The molecule has 2 rings (SSSR count). The van der Waals surface area contributed by atoms with Gasteiger partial charge in [0.15, 0.2) is 11.6 Å². The lowest BCUT2D eigenvalue weighted by atomic mass is 10.2. The molecule has 2 aromatic heterocycles. The molecule has 0 aliphatic heterocycles. The summed E-state index contributed by atoms with van der Waals surface area (Å²) in [5, 5.41) is 3.85. The Labute approximate surface area is 158 Å². The fourth-order valence-corrected chi connectivity index (χ4v) is 2.12. The molecule has 0 atom stereocenters. The van der Waals surface area contributed by atoms with Gasteiger partial charge in [0, 0.05) is 12.3 Å². The Morgan fingerprint density at radius 3 is 2.04 bits per heavy atom. The van der Waals surface area contributed by atoms with E-state index in [4.69, 9.17) is 14.0 Å². The van der Waals surface area contributed by atoms with E-state index in [1.54, 1.807) is 66.7 Å². The molecule has 146 valence electrons. The molecular formula is C19H25N3O5. The SMILES string of the molecule is Cc1cc(-c2cccnc2N(C(=O)OC(C)(C)C)C(=O)OC(C)(C)C)on1.